The van der Waals surface area contributed by atoms with Gasteiger partial charge in [0.25, 0.3) is 5.91 Å². The quantitative estimate of drug-likeness (QED) is 0.168. The van der Waals surface area contributed by atoms with E-state index in [0.717, 1.165) is 67.6 Å². The fourth-order valence-corrected chi connectivity index (χ4v) is 8.19. The second-order valence-corrected chi connectivity index (χ2v) is 15.8. The predicted molar refractivity (Wildman–Crippen MR) is 212 cm³/mol. The zero-order chi connectivity index (χ0) is 41.3. The molecule has 3 amide bonds. The number of fused-ring (bicyclic) bond motifs is 2. The molecule has 16 heteroatoms. The van der Waals surface area contributed by atoms with Crippen LogP contribution in [0.1, 0.15) is 117 Å². The lowest BCUT2D eigenvalue weighted by Crippen LogP contribution is -2.44. The number of amides is 3. The number of imide groups is 1. The van der Waals surface area contributed by atoms with E-state index in [2.05, 4.69) is 39.7 Å². The molecule has 13 nitrogen and oxygen atoms in total. The van der Waals surface area contributed by atoms with E-state index < -0.39 is 29.7 Å². The number of aromatic nitrogens is 5. The van der Waals surface area contributed by atoms with Crippen LogP contribution in [0.15, 0.2) is 59.7 Å². The number of rotatable bonds is 7. The molecular weight excluding hydrogens is 754 g/mol. The van der Waals surface area contributed by atoms with Crippen LogP contribution in [-0.2, 0) is 22.8 Å². The van der Waals surface area contributed by atoms with Gasteiger partial charge in [0, 0.05) is 37.8 Å². The van der Waals surface area contributed by atoms with E-state index >= 15 is 0 Å². The Hall–Kier alpha value is -5.51. The highest BCUT2D eigenvalue weighted by Crippen LogP contribution is 2.35. The smallest absolute Gasteiger partial charge is 0.433 e. The molecule has 5 aromatic rings. The van der Waals surface area contributed by atoms with Gasteiger partial charge in [-0.15, -0.1) is 0 Å². The summed E-state index contributed by atoms with van der Waals surface area (Å²) in [6.45, 7) is 5.87. The van der Waals surface area contributed by atoms with Gasteiger partial charge >= 0.3 is 11.9 Å². The lowest BCUT2D eigenvalue weighted by atomic mass is 9.87. The van der Waals surface area contributed by atoms with Crippen molar-refractivity contribution in [3.8, 4) is 5.75 Å². The highest BCUT2D eigenvalue weighted by atomic mass is 19.4. The number of hydrogen-bond acceptors (Lipinski definition) is 8. The molecule has 3 aliphatic rings. The maximum atomic E-state index is 13.0. The molecule has 4 aromatic heterocycles. The Balaban J connectivity index is 0.000000180. The van der Waals surface area contributed by atoms with Gasteiger partial charge in [-0.3, -0.25) is 28.8 Å². The molecule has 1 saturated carbocycles. The summed E-state index contributed by atoms with van der Waals surface area (Å²) in [6.07, 6.45) is 7.49. The Morgan fingerprint density at radius 1 is 0.897 bits per heavy atom. The maximum Gasteiger partial charge on any atom is 0.433 e. The standard InChI is InChI=1S/C23H25F3N4O2.C19H24N4O3/c1-14(2)32-19-11-21-28-17(15-7-4-3-5-8-15)12-30(21)13-18(19)29-22(31)16-9-6-10-20(27-16)23(24,25)26;1-21-9-7-12(8-10-21)13-3-4-14-16(11-13)22(2)19(26)23(14)15-5-6-17(24)20-18(15)25/h6,9-15H,3-5,7-8H2,1-2H3,(H,29,31);3-4,11-12,15H,5-10H2,1-2H3,(H,20,24,25). The van der Waals surface area contributed by atoms with E-state index in [9.17, 15) is 32.3 Å². The first-order valence-corrected chi connectivity index (χ1v) is 19.9. The van der Waals surface area contributed by atoms with Gasteiger partial charge < -0.3 is 19.4 Å². The predicted octanol–water partition coefficient (Wildman–Crippen LogP) is 6.96. The van der Waals surface area contributed by atoms with Gasteiger partial charge in [0.15, 0.2) is 0 Å². The average molecular weight is 803 g/mol. The molecule has 1 unspecified atom stereocenters. The molecule has 3 fully saturated rings. The molecule has 2 saturated heterocycles. The second kappa shape index (κ2) is 16.8. The van der Waals surface area contributed by atoms with Gasteiger partial charge in [-0.2, -0.15) is 13.2 Å². The molecule has 0 radical (unpaired) electrons. The number of imidazole rings is 2. The van der Waals surface area contributed by atoms with Crippen molar-refractivity contribution in [3.05, 3.63) is 88.0 Å². The third kappa shape index (κ3) is 8.81. The summed E-state index contributed by atoms with van der Waals surface area (Å²) in [5, 5.41) is 4.99. The fraction of sp³-hybridized carbons (Fsp3) is 0.476. The van der Waals surface area contributed by atoms with Crippen molar-refractivity contribution in [2.75, 3.05) is 25.5 Å². The van der Waals surface area contributed by atoms with Crippen molar-refractivity contribution in [2.24, 2.45) is 7.05 Å². The first kappa shape index (κ1) is 40.7. The minimum absolute atomic E-state index is 0.174. The molecular formula is C42H49F3N8O5. The summed E-state index contributed by atoms with van der Waals surface area (Å²) < 4.78 is 49.7. The van der Waals surface area contributed by atoms with E-state index in [4.69, 9.17) is 9.72 Å². The molecule has 308 valence electrons. The van der Waals surface area contributed by atoms with Crippen molar-refractivity contribution >= 4 is 40.1 Å². The molecule has 1 aromatic carbocycles. The van der Waals surface area contributed by atoms with Gasteiger partial charge in [-0.25, -0.2) is 14.8 Å². The van der Waals surface area contributed by atoms with Gasteiger partial charge in [-0.1, -0.05) is 31.4 Å². The average Bonchev–Trinajstić information content (AvgIpc) is 3.72. The Morgan fingerprint density at radius 3 is 2.33 bits per heavy atom. The number of benzene rings is 1. The van der Waals surface area contributed by atoms with Crippen LogP contribution in [0.3, 0.4) is 0 Å². The zero-order valence-electron chi connectivity index (χ0n) is 33.1. The molecule has 2 N–H and O–H groups in total. The number of pyridine rings is 2. The van der Waals surface area contributed by atoms with Gasteiger partial charge in [0.2, 0.25) is 11.8 Å². The van der Waals surface area contributed by atoms with Crippen LogP contribution in [0, 0.1) is 0 Å². The van der Waals surface area contributed by atoms with Crippen molar-refractivity contribution in [2.45, 2.75) is 102 Å². The monoisotopic (exact) mass is 802 g/mol. The highest BCUT2D eigenvalue weighted by Gasteiger charge is 2.34. The third-order valence-electron chi connectivity index (χ3n) is 11.3. The Bertz CT molecular complexity index is 2390. The summed E-state index contributed by atoms with van der Waals surface area (Å²) in [4.78, 5) is 59.7. The molecule has 1 atom stereocenters. The number of hydrogen-bond donors (Lipinski definition) is 2. The summed E-state index contributed by atoms with van der Waals surface area (Å²) in [5.41, 5.74) is 3.22. The summed E-state index contributed by atoms with van der Waals surface area (Å²) in [7, 11) is 3.88. The van der Waals surface area contributed by atoms with E-state index in [-0.39, 0.29) is 29.8 Å². The number of ether oxygens (including phenoxy) is 1. The molecule has 8 rings (SSSR count). The summed E-state index contributed by atoms with van der Waals surface area (Å²) in [5.74, 6) is -0.111. The number of nitrogens with one attached hydrogen (secondary N) is 2. The minimum atomic E-state index is -4.63. The number of carbonyl (C=O) groups excluding carboxylic acids is 3. The lowest BCUT2D eigenvalue weighted by molar-refractivity contribution is -0.141. The number of halogens is 3. The maximum absolute atomic E-state index is 13.0. The van der Waals surface area contributed by atoms with Crippen molar-refractivity contribution < 1.29 is 32.3 Å². The minimum Gasteiger partial charge on any atom is -0.489 e. The number of aryl methyl sites for hydroxylation is 1. The molecule has 0 spiro atoms. The van der Waals surface area contributed by atoms with Crippen LogP contribution >= 0.6 is 0 Å². The molecule has 0 bridgehead atoms. The van der Waals surface area contributed by atoms with Crippen LogP contribution in [-0.4, -0.2) is 72.4 Å². The number of piperidine rings is 2. The van der Waals surface area contributed by atoms with Crippen LogP contribution in [0.25, 0.3) is 16.7 Å². The van der Waals surface area contributed by atoms with Crippen LogP contribution in [0.2, 0.25) is 0 Å². The van der Waals surface area contributed by atoms with E-state index in [0.29, 0.717) is 35.3 Å². The fourth-order valence-electron chi connectivity index (χ4n) is 8.19. The number of carbonyl (C=O) groups is 3. The Morgan fingerprint density at radius 2 is 1.64 bits per heavy atom. The second-order valence-electron chi connectivity index (χ2n) is 15.8. The topological polar surface area (TPSA) is 145 Å². The molecule has 1 aliphatic carbocycles. The third-order valence-corrected chi connectivity index (χ3v) is 11.3. The van der Waals surface area contributed by atoms with Gasteiger partial charge in [0.05, 0.1) is 22.8 Å². The summed E-state index contributed by atoms with van der Waals surface area (Å²) >= 11 is 0. The SMILES string of the molecule is CC(C)Oc1cc2nc(C3CCCCC3)cn2cc1NC(=O)c1cccc(C(F)(F)F)n1.CN1CCC(c2ccc3c(c2)n(C)c(=O)n3C2CCC(=O)NC2=O)CC1. The van der Waals surface area contributed by atoms with Crippen LogP contribution < -0.4 is 21.1 Å². The van der Waals surface area contributed by atoms with Gasteiger partial charge in [0.1, 0.15) is 34.5 Å². The number of anilines is 1. The number of nitrogens with zero attached hydrogens (tertiary/aromatic N) is 6. The first-order valence-electron chi connectivity index (χ1n) is 19.9. The zero-order valence-corrected chi connectivity index (χ0v) is 33.1. The van der Waals surface area contributed by atoms with Crippen molar-refractivity contribution in [3.63, 3.8) is 0 Å². The molecule has 6 heterocycles. The van der Waals surface area contributed by atoms with Crippen LogP contribution in [0.4, 0.5) is 18.9 Å². The molecule has 58 heavy (non-hydrogen) atoms. The molecule has 2 aliphatic heterocycles. The number of likely N-dealkylation sites (tertiary alicyclic amines) is 1. The van der Waals surface area contributed by atoms with E-state index in [1.165, 1.54) is 35.5 Å². The highest BCUT2D eigenvalue weighted by molar-refractivity contribution is 6.03. The first-order chi connectivity index (χ1) is 27.7. The Kier molecular flexibility index (Phi) is 11.8. The van der Waals surface area contributed by atoms with Crippen molar-refractivity contribution in [1.29, 1.82) is 0 Å². The van der Waals surface area contributed by atoms with Crippen LogP contribution in [0.5, 0.6) is 5.75 Å². The normalized spacial score (nSPS) is 18.7. The lowest BCUT2D eigenvalue weighted by Gasteiger charge is -2.29. The Labute approximate surface area is 333 Å². The van der Waals surface area contributed by atoms with Gasteiger partial charge in [-0.05, 0) is 102 Å². The largest absolute Gasteiger partial charge is 0.489 e. The number of alkyl halides is 3. The van der Waals surface area contributed by atoms with E-state index in [1.54, 1.807) is 23.9 Å². The summed E-state index contributed by atoms with van der Waals surface area (Å²) in [6, 6.07) is 10.5. The van der Waals surface area contributed by atoms with E-state index in [1.807, 2.05) is 30.5 Å². The van der Waals surface area contributed by atoms with Crippen molar-refractivity contribution in [1.82, 2.24) is 33.7 Å².